The van der Waals surface area contributed by atoms with E-state index in [1.165, 1.54) is 11.3 Å². The molecule has 1 aliphatic rings. The normalized spacial score (nSPS) is 18.9. The molecule has 2 rings (SSSR count). The van der Waals surface area contributed by atoms with Crippen LogP contribution in [0.2, 0.25) is 0 Å². The van der Waals surface area contributed by atoms with Gasteiger partial charge in [0.05, 0.1) is 6.61 Å². The van der Waals surface area contributed by atoms with Crippen LogP contribution < -0.4 is 10.6 Å². The zero-order valence-electron chi connectivity index (χ0n) is 11.0. The third-order valence-electron chi connectivity index (χ3n) is 3.57. The van der Waals surface area contributed by atoms with Crippen LogP contribution in [0.25, 0.3) is 0 Å². The Morgan fingerprint density at radius 2 is 1.78 bits per heavy atom. The lowest BCUT2D eigenvalue weighted by Crippen LogP contribution is -2.47. The predicted molar refractivity (Wildman–Crippen MR) is 74.8 cm³/mol. The summed E-state index contributed by atoms with van der Waals surface area (Å²) in [6.45, 7) is 7.14. The third-order valence-corrected chi connectivity index (χ3v) is 3.57. The highest BCUT2D eigenvalue weighted by Gasteiger charge is 2.16. The predicted octanol–water partition coefficient (Wildman–Crippen LogP) is 0.821. The fourth-order valence-corrected chi connectivity index (χ4v) is 2.36. The molecule has 1 saturated heterocycles. The standard InChI is InChI=1S/C14H23N3O/c1-12(15)13-2-4-14(5-3-13)17-8-6-16(7-9-17)10-11-18/h2-5,12,18H,6-11,15H2,1H3/t12-/m0/s1. The molecule has 1 atom stereocenters. The summed E-state index contributed by atoms with van der Waals surface area (Å²) < 4.78 is 0. The number of β-amino-alcohol motifs (C(OH)–C–C–N with tert-alkyl or cyclic N) is 1. The molecule has 0 unspecified atom stereocenters. The van der Waals surface area contributed by atoms with Crippen LogP contribution in [-0.4, -0.2) is 49.3 Å². The zero-order chi connectivity index (χ0) is 13.0. The first-order valence-electron chi connectivity index (χ1n) is 6.64. The van der Waals surface area contributed by atoms with E-state index in [1.807, 2.05) is 6.92 Å². The molecular formula is C14H23N3O. The number of hydrogen-bond acceptors (Lipinski definition) is 4. The third kappa shape index (κ3) is 3.22. The van der Waals surface area contributed by atoms with E-state index in [0.29, 0.717) is 0 Å². The molecule has 1 heterocycles. The maximum Gasteiger partial charge on any atom is 0.0558 e. The van der Waals surface area contributed by atoms with Crippen LogP contribution in [-0.2, 0) is 0 Å². The molecule has 1 aromatic carbocycles. The molecule has 4 heteroatoms. The van der Waals surface area contributed by atoms with Crippen molar-refractivity contribution in [2.45, 2.75) is 13.0 Å². The second-order valence-corrected chi connectivity index (χ2v) is 4.93. The van der Waals surface area contributed by atoms with Gasteiger partial charge in [0.2, 0.25) is 0 Å². The Morgan fingerprint density at radius 3 is 2.28 bits per heavy atom. The van der Waals surface area contributed by atoms with Gasteiger partial charge in [0, 0.05) is 44.5 Å². The van der Waals surface area contributed by atoms with Crippen LogP contribution in [0, 0.1) is 0 Å². The van der Waals surface area contributed by atoms with Crippen molar-refractivity contribution in [2.24, 2.45) is 5.73 Å². The molecule has 1 fully saturated rings. The van der Waals surface area contributed by atoms with Gasteiger partial charge in [0.25, 0.3) is 0 Å². The lowest BCUT2D eigenvalue weighted by atomic mass is 10.1. The van der Waals surface area contributed by atoms with Crippen LogP contribution in [0.4, 0.5) is 5.69 Å². The second-order valence-electron chi connectivity index (χ2n) is 4.93. The largest absolute Gasteiger partial charge is 0.395 e. The molecule has 1 aromatic rings. The number of rotatable bonds is 4. The second kappa shape index (κ2) is 6.18. The van der Waals surface area contributed by atoms with E-state index in [0.717, 1.165) is 32.7 Å². The average Bonchev–Trinajstić information content (AvgIpc) is 2.40. The molecule has 0 radical (unpaired) electrons. The van der Waals surface area contributed by atoms with E-state index in [2.05, 4.69) is 34.1 Å². The summed E-state index contributed by atoms with van der Waals surface area (Å²) in [7, 11) is 0. The summed E-state index contributed by atoms with van der Waals surface area (Å²) in [5, 5.41) is 8.92. The van der Waals surface area contributed by atoms with Gasteiger partial charge in [-0.1, -0.05) is 12.1 Å². The van der Waals surface area contributed by atoms with Gasteiger partial charge in [-0.05, 0) is 24.6 Å². The summed E-state index contributed by atoms with van der Waals surface area (Å²) in [6, 6.07) is 8.63. The molecule has 0 bridgehead atoms. The van der Waals surface area contributed by atoms with Gasteiger partial charge in [0.1, 0.15) is 0 Å². The summed E-state index contributed by atoms with van der Waals surface area (Å²) in [5.74, 6) is 0. The Labute approximate surface area is 109 Å². The zero-order valence-corrected chi connectivity index (χ0v) is 11.0. The van der Waals surface area contributed by atoms with Gasteiger partial charge < -0.3 is 15.7 Å². The molecule has 100 valence electrons. The highest BCUT2D eigenvalue weighted by Crippen LogP contribution is 2.19. The molecule has 3 N–H and O–H groups in total. The molecule has 4 nitrogen and oxygen atoms in total. The number of benzene rings is 1. The molecule has 0 spiro atoms. The van der Waals surface area contributed by atoms with Crippen LogP contribution >= 0.6 is 0 Å². The van der Waals surface area contributed by atoms with E-state index in [1.54, 1.807) is 0 Å². The fourth-order valence-electron chi connectivity index (χ4n) is 2.36. The number of anilines is 1. The Balaban J connectivity index is 1.93. The number of nitrogens with zero attached hydrogens (tertiary/aromatic N) is 2. The Morgan fingerprint density at radius 1 is 1.17 bits per heavy atom. The minimum absolute atomic E-state index is 0.0976. The van der Waals surface area contributed by atoms with Gasteiger partial charge in [-0.25, -0.2) is 0 Å². The van der Waals surface area contributed by atoms with E-state index >= 15 is 0 Å². The minimum atomic E-state index is 0.0976. The Bertz CT molecular complexity index is 356. The fraction of sp³-hybridized carbons (Fsp3) is 0.571. The molecule has 0 saturated carbocycles. The highest BCUT2D eigenvalue weighted by atomic mass is 16.3. The van der Waals surface area contributed by atoms with Crippen LogP contribution in [0.15, 0.2) is 24.3 Å². The van der Waals surface area contributed by atoms with Crippen molar-refractivity contribution in [3.05, 3.63) is 29.8 Å². The first-order chi connectivity index (χ1) is 8.70. The number of piperazine rings is 1. The number of aliphatic hydroxyl groups is 1. The van der Waals surface area contributed by atoms with Gasteiger partial charge in [0.15, 0.2) is 0 Å². The highest BCUT2D eigenvalue weighted by molar-refractivity contribution is 5.48. The first kappa shape index (κ1) is 13.3. The smallest absolute Gasteiger partial charge is 0.0558 e. The summed E-state index contributed by atoms with van der Waals surface area (Å²) in [4.78, 5) is 4.69. The van der Waals surface area contributed by atoms with Gasteiger partial charge >= 0.3 is 0 Å². The number of hydrogen-bond donors (Lipinski definition) is 2. The molecule has 0 aromatic heterocycles. The van der Waals surface area contributed by atoms with Crippen molar-refractivity contribution in [2.75, 3.05) is 44.2 Å². The maximum atomic E-state index is 8.92. The molecule has 0 amide bonds. The monoisotopic (exact) mass is 249 g/mol. The quantitative estimate of drug-likeness (QED) is 0.829. The summed E-state index contributed by atoms with van der Waals surface area (Å²) >= 11 is 0. The summed E-state index contributed by atoms with van der Waals surface area (Å²) in [6.07, 6.45) is 0. The van der Waals surface area contributed by atoms with E-state index in [4.69, 9.17) is 10.8 Å². The lowest BCUT2D eigenvalue weighted by Gasteiger charge is -2.35. The van der Waals surface area contributed by atoms with E-state index < -0.39 is 0 Å². The van der Waals surface area contributed by atoms with Crippen LogP contribution in [0.1, 0.15) is 18.5 Å². The topological polar surface area (TPSA) is 52.7 Å². The first-order valence-corrected chi connectivity index (χ1v) is 6.64. The van der Waals surface area contributed by atoms with Crippen molar-refractivity contribution in [3.8, 4) is 0 Å². The van der Waals surface area contributed by atoms with Gasteiger partial charge in [-0.2, -0.15) is 0 Å². The van der Waals surface area contributed by atoms with Crippen molar-refractivity contribution < 1.29 is 5.11 Å². The molecule has 18 heavy (non-hydrogen) atoms. The SMILES string of the molecule is C[C@H](N)c1ccc(N2CCN(CCO)CC2)cc1. The van der Waals surface area contributed by atoms with Crippen molar-refractivity contribution in [1.82, 2.24) is 4.90 Å². The van der Waals surface area contributed by atoms with E-state index in [-0.39, 0.29) is 12.6 Å². The number of aliphatic hydroxyl groups excluding tert-OH is 1. The van der Waals surface area contributed by atoms with Gasteiger partial charge in [-0.3, -0.25) is 4.90 Å². The van der Waals surface area contributed by atoms with Crippen molar-refractivity contribution >= 4 is 5.69 Å². The lowest BCUT2D eigenvalue weighted by molar-refractivity contribution is 0.189. The van der Waals surface area contributed by atoms with Gasteiger partial charge in [-0.15, -0.1) is 0 Å². The summed E-state index contributed by atoms with van der Waals surface area (Å²) in [5.41, 5.74) is 8.29. The van der Waals surface area contributed by atoms with Crippen LogP contribution in [0.5, 0.6) is 0 Å². The van der Waals surface area contributed by atoms with E-state index in [9.17, 15) is 0 Å². The molecular weight excluding hydrogens is 226 g/mol. The van der Waals surface area contributed by atoms with Crippen molar-refractivity contribution in [3.63, 3.8) is 0 Å². The van der Waals surface area contributed by atoms with Crippen molar-refractivity contribution in [1.29, 1.82) is 0 Å². The average molecular weight is 249 g/mol. The Hall–Kier alpha value is -1.10. The molecule has 1 aliphatic heterocycles. The minimum Gasteiger partial charge on any atom is -0.395 e. The van der Waals surface area contributed by atoms with Crippen LogP contribution in [0.3, 0.4) is 0 Å². The Kier molecular flexibility index (Phi) is 4.58. The number of nitrogens with two attached hydrogens (primary N) is 1. The molecule has 0 aliphatic carbocycles. The maximum absolute atomic E-state index is 8.92.